The largest absolute Gasteiger partial charge is 0.305 e. The molecule has 4 aromatic heterocycles. The summed E-state index contributed by atoms with van der Waals surface area (Å²) in [4.78, 5) is 19.5. The molecule has 242 valence electrons. The summed E-state index contributed by atoms with van der Waals surface area (Å²) in [6.45, 7) is 0. The van der Waals surface area contributed by atoms with Gasteiger partial charge in [-0.3, -0.25) is 0 Å². The second-order valence-electron chi connectivity index (χ2n) is 13.0. The molecule has 0 spiro atoms. The van der Waals surface area contributed by atoms with Gasteiger partial charge in [0.25, 0.3) is 0 Å². The van der Waals surface area contributed by atoms with E-state index in [1.54, 1.807) is 12.4 Å². The van der Waals surface area contributed by atoms with E-state index in [0.717, 1.165) is 44.9 Å². The van der Waals surface area contributed by atoms with Gasteiger partial charge < -0.3 is 4.57 Å². The molecule has 0 aliphatic rings. The molecule has 0 atom stereocenters. The Balaban J connectivity index is 1.34. The van der Waals surface area contributed by atoms with E-state index >= 15 is 0 Å². The molecule has 0 N–H and O–H groups in total. The summed E-state index contributed by atoms with van der Waals surface area (Å²) < 4.78 is 4.91. The molecule has 6 heteroatoms. The number of benzene rings is 7. The van der Waals surface area contributed by atoms with Crippen LogP contribution in [0.25, 0.3) is 103 Å². The van der Waals surface area contributed by atoms with Crippen LogP contribution in [0.2, 0.25) is 0 Å². The van der Waals surface area contributed by atoms with Gasteiger partial charge in [0.05, 0.1) is 28.6 Å². The number of thiophene rings is 1. The first kappa shape index (κ1) is 29.0. The van der Waals surface area contributed by atoms with Gasteiger partial charge in [0.2, 0.25) is 0 Å². The molecule has 11 aromatic rings. The van der Waals surface area contributed by atoms with Gasteiger partial charge in [0.15, 0.2) is 11.6 Å². The molecule has 0 radical (unpaired) electrons. The van der Waals surface area contributed by atoms with Gasteiger partial charge in [-0.05, 0) is 46.5 Å². The first-order valence-electron chi connectivity index (χ1n) is 17.3. The lowest BCUT2D eigenvalue weighted by Gasteiger charge is -2.15. The predicted molar refractivity (Wildman–Crippen MR) is 216 cm³/mol. The van der Waals surface area contributed by atoms with Crippen molar-refractivity contribution in [2.45, 2.75) is 0 Å². The van der Waals surface area contributed by atoms with E-state index in [1.807, 2.05) is 41.8 Å². The van der Waals surface area contributed by atoms with Crippen molar-refractivity contribution in [3.05, 3.63) is 164 Å². The zero-order valence-corrected chi connectivity index (χ0v) is 28.5. The molecule has 0 aliphatic heterocycles. The number of hydrogen-bond donors (Lipinski definition) is 0. The van der Waals surface area contributed by atoms with E-state index in [9.17, 15) is 0 Å². The highest BCUT2D eigenvalue weighted by atomic mass is 32.1. The Kier molecular flexibility index (Phi) is 6.35. The van der Waals surface area contributed by atoms with Crippen LogP contribution < -0.4 is 0 Å². The molecule has 0 amide bonds. The predicted octanol–water partition coefficient (Wildman–Crippen LogP) is 12.0. The average Bonchev–Trinajstić information content (AvgIpc) is 3.78. The van der Waals surface area contributed by atoms with Gasteiger partial charge >= 0.3 is 0 Å². The molecule has 0 unspecified atom stereocenters. The van der Waals surface area contributed by atoms with E-state index in [4.69, 9.17) is 9.97 Å². The number of hydrogen-bond acceptors (Lipinski definition) is 5. The van der Waals surface area contributed by atoms with E-state index in [-0.39, 0.29) is 0 Å². The Morgan fingerprint density at radius 1 is 0.481 bits per heavy atom. The van der Waals surface area contributed by atoms with Gasteiger partial charge in [0, 0.05) is 65.4 Å². The standard InChI is InChI=1S/C46H27N5S/c1-3-13-29(14-4-1)42-37(27-49-46(50-42)30-15-5-2-6-16-30)51-36-22-20-28-12-7-8-17-32(28)40(36)41-43(51)34-19-10-9-18-33(34)39-35-26-31(45-47-24-11-25-48-45)21-23-38(35)52-44(39)41/h1-27H. The second-order valence-corrected chi connectivity index (χ2v) is 14.1. The summed E-state index contributed by atoms with van der Waals surface area (Å²) in [5.41, 5.74) is 7.13. The van der Waals surface area contributed by atoms with Crippen molar-refractivity contribution in [2.24, 2.45) is 0 Å². The fourth-order valence-corrected chi connectivity index (χ4v) is 9.15. The third kappa shape index (κ3) is 4.28. The van der Waals surface area contributed by atoms with Gasteiger partial charge in [-0.25, -0.2) is 19.9 Å². The van der Waals surface area contributed by atoms with E-state index in [1.165, 1.54) is 52.5 Å². The topological polar surface area (TPSA) is 56.5 Å². The van der Waals surface area contributed by atoms with Crippen LogP contribution in [0.4, 0.5) is 0 Å². The van der Waals surface area contributed by atoms with Crippen LogP contribution in [0.1, 0.15) is 0 Å². The second kappa shape index (κ2) is 11.4. The minimum Gasteiger partial charge on any atom is -0.305 e. The highest BCUT2D eigenvalue weighted by molar-refractivity contribution is 7.27. The average molecular weight is 682 g/mol. The lowest BCUT2D eigenvalue weighted by atomic mass is 9.97. The minimum absolute atomic E-state index is 0.698. The normalized spacial score (nSPS) is 11.8. The number of rotatable bonds is 4. The molecule has 4 heterocycles. The minimum atomic E-state index is 0.698. The smallest absolute Gasteiger partial charge is 0.159 e. The molecule has 7 aromatic carbocycles. The summed E-state index contributed by atoms with van der Waals surface area (Å²) in [5, 5.41) is 9.75. The van der Waals surface area contributed by atoms with Crippen molar-refractivity contribution >= 4 is 74.9 Å². The van der Waals surface area contributed by atoms with E-state index in [0.29, 0.717) is 5.82 Å². The van der Waals surface area contributed by atoms with Crippen molar-refractivity contribution in [3.63, 3.8) is 0 Å². The number of aromatic nitrogens is 5. The molecule has 0 saturated carbocycles. The quantitative estimate of drug-likeness (QED) is 0.185. The summed E-state index contributed by atoms with van der Waals surface area (Å²) in [5.74, 6) is 1.42. The Morgan fingerprint density at radius 2 is 1.19 bits per heavy atom. The molecular weight excluding hydrogens is 655 g/mol. The third-order valence-electron chi connectivity index (χ3n) is 10.1. The van der Waals surface area contributed by atoms with Crippen LogP contribution in [-0.4, -0.2) is 24.5 Å². The van der Waals surface area contributed by atoms with Crippen LogP contribution in [0.3, 0.4) is 0 Å². The lowest BCUT2D eigenvalue weighted by molar-refractivity contribution is 1.09. The Bertz CT molecular complexity index is 3170. The number of nitrogens with zero attached hydrogens (tertiary/aromatic N) is 5. The maximum Gasteiger partial charge on any atom is 0.159 e. The van der Waals surface area contributed by atoms with Crippen molar-refractivity contribution in [2.75, 3.05) is 0 Å². The van der Waals surface area contributed by atoms with Gasteiger partial charge in [-0.2, -0.15) is 0 Å². The summed E-state index contributed by atoms with van der Waals surface area (Å²) in [7, 11) is 0. The summed E-state index contributed by atoms with van der Waals surface area (Å²) in [6, 6.07) is 51.3. The molecule has 52 heavy (non-hydrogen) atoms. The van der Waals surface area contributed by atoms with Crippen molar-refractivity contribution in [1.29, 1.82) is 0 Å². The van der Waals surface area contributed by atoms with Gasteiger partial charge in [0.1, 0.15) is 0 Å². The molecule has 0 fully saturated rings. The number of fused-ring (bicyclic) bond motifs is 12. The Morgan fingerprint density at radius 3 is 2.00 bits per heavy atom. The first-order valence-corrected chi connectivity index (χ1v) is 18.1. The Labute approximate surface area is 302 Å². The first-order chi connectivity index (χ1) is 25.8. The maximum absolute atomic E-state index is 5.32. The zero-order chi connectivity index (χ0) is 34.2. The monoisotopic (exact) mass is 681 g/mol. The van der Waals surface area contributed by atoms with E-state index in [2.05, 4.69) is 136 Å². The fraction of sp³-hybridized carbons (Fsp3) is 0. The van der Waals surface area contributed by atoms with Crippen molar-refractivity contribution < 1.29 is 0 Å². The molecule has 0 saturated heterocycles. The highest BCUT2D eigenvalue weighted by Gasteiger charge is 2.25. The third-order valence-corrected chi connectivity index (χ3v) is 11.3. The maximum atomic E-state index is 5.32. The Hall–Kier alpha value is -6.76. The molecule has 0 aliphatic carbocycles. The molecule has 11 rings (SSSR count). The summed E-state index contributed by atoms with van der Waals surface area (Å²) >= 11 is 1.86. The van der Waals surface area contributed by atoms with Crippen molar-refractivity contribution in [3.8, 4) is 39.7 Å². The summed E-state index contributed by atoms with van der Waals surface area (Å²) in [6.07, 6.45) is 5.62. The molecule has 5 nitrogen and oxygen atoms in total. The van der Waals surface area contributed by atoms with Gasteiger partial charge in [-0.15, -0.1) is 11.3 Å². The highest BCUT2D eigenvalue weighted by Crippen LogP contribution is 2.50. The fourth-order valence-electron chi connectivity index (χ4n) is 7.90. The SMILES string of the molecule is c1ccc(-c2ncc(-n3c4ccc5ccccc5c4c4c5sc6ccc(-c7ncccn7)cc6c5c5ccccc5c43)c(-c3ccccc3)n2)cc1. The van der Waals surface area contributed by atoms with Crippen LogP contribution in [0.15, 0.2) is 164 Å². The zero-order valence-electron chi connectivity index (χ0n) is 27.7. The molecule has 0 bridgehead atoms. The van der Waals surface area contributed by atoms with Crippen LogP contribution in [0, 0.1) is 0 Å². The molecular formula is C46H27N5S. The lowest BCUT2D eigenvalue weighted by Crippen LogP contribution is -2.03. The van der Waals surface area contributed by atoms with Crippen molar-refractivity contribution in [1.82, 2.24) is 24.5 Å². The van der Waals surface area contributed by atoms with Crippen LogP contribution in [-0.2, 0) is 0 Å². The van der Waals surface area contributed by atoms with Crippen LogP contribution in [0.5, 0.6) is 0 Å². The van der Waals surface area contributed by atoms with Gasteiger partial charge in [-0.1, -0.05) is 115 Å². The van der Waals surface area contributed by atoms with Crippen LogP contribution >= 0.6 is 11.3 Å². The van der Waals surface area contributed by atoms with E-state index < -0.39 is 0 Å².